The maximum absolute atomic E-state index is 9.80. The van der Waals surface area contributed by atoms with E-state index < -0.39 is 0 Å². The molecule has 188 valence electrons. The molecule has 40 heavy (non-hydrogen) atoms. The Morgan fingerprint density at radius 2 is 1.60 bits per heavy atom. The molecule has 0 saturated heterocycles. The maximum Gasteiger partial charge on any atom is 0.187 e. The molecule has 0 unspecified atom stereocenters. The van der Waals surface area contributed by atoms with E-state index in [9.17, 15) is 5.26 Å². The van der Waals surface area contributed by atoms with Crippen LogP contribution in [-0.2, 0) is 0 Å². The van der Waals surface area contributed by atoms with Crippen LogP contribution in [0.3, 0.4) is 0 Å². The molecule has 5 aromatic carbocycles. The van der Waals surface area contributed by atoms with E-state index in [0.29, 0.717) is 11.3 Å². The number of anilines is 2. The molecular weight excluding hydrogens is 492 g/mol. The lowest BCUT2D eigenvalue weighted by Crippen LogP contribution is -2.29. The second-order valence-corrected chi connectivity index (χ2v) is 10.6. The van der Waals surface area contributed by atoms with Crippen LogP contribution >= 0.6 is 0 Å². The number of fused-ring (bicyclic) bond motifs is 9. The summed E-state index contributed by atoms with van der Waals surface area (Å²) in [4.78, 5) is 5.95. The van der Waals surface area contributed by atoms with Crippen molar-refractivity contribution < 1.29 is 4.42 Å². The predicted octanol–water partition coefficient (Wildman–Crippen LogP) is 9.63. The van der Waals surface area contributed by atoms with Gasteiger partial charge in [-0.05, 0) is 73.5 Å². The first-order valence-corrected chi connectivity index (χ1v) is 13.3. The molecule has 1 aliphatic heterocycles. The third-order valence-electron chi connectivity index (χ3n) is 8.06. The number of hydrogen-bond donors (Lipinski definition) is 0. The highest BCUT2D eigenvalue weighted by Gasteiger charge is 2.31. The molecule has 0 spiro atoms. The maximum atomic E-state index is 9.80. The molecule has 0 saturated carbocycles. The monoisotopic (exact) mass is 514 g/mol. The number of furan rings is 1. The number of nitrogens with zero attached hydrogens (tertiary/aromatic N) is 4. The van der Waals surface area contributed by atoms with Crippen molar-refractivity contribution in [2.45, 2.75) is 19.9 Å². The number of rotatable bonds is 2. The smallest absolute Gasteiger partial charge is 0.187 e. The molecule has 2 aromatic heterocycles. The Labute approximate surface area is 230 Å². The molecule has 7 aromatic rings. The Balaban J connectivity index is 1.61. The normalized spacial score (nSPS) is 12.4. The van der Waals surface area contributed by atoms with Gasteiger partial charge in [0.25, 0.3) is 0 Å². The minimum Gasteiger partial charge on any atom is -0.456 e. The van der Waals surface area contributed by atoms with E-state index in [-0.39, 0.29) is 6.04 Å². The fourth-order valence-corrected chi connectivity index (χ4v) is 6.42. The van der Waals surface area contributed by atoms with Crippen molar-refractivity contribution in [3.63, 3.8) is 0 Å². The van der Waals surface area contributed by atoms with E-state index in [1.54, 1.807) is 0 Å². The van der Waals surface area contributed by atoms with Gasteiger partial charge >= 0.3 is 0 Å². The van der Waals surface area contributed by atoms with Crippen LogP contribution in [0.25, 0.3) is 65.4 Å². The van der Waals surface area contributed by atoms with E-state index in [1.165, 1.54) is 0 Å². The second-order valence-electron chi connectivity index (χ2n) is 10.6. The van der Waals surface area contributed by atoms with Gasteiger partial charge in [-0.25, -0.2) is 4.85 Å². The molecule has 0 amide bonds. The highest BCUT2D eigenvalue weighted by atomic mass is 16.3. The van der Waals surface area contributed by atoms with Crippen molar-refractivity contribution >= 4 is 60.8 Å². The zero-order valence-corrected chi connectivity index (χ0v) is 21.9. The Bertz CT molecular complexity index is 2270. The Morgan fingerprint density at radius 3 is 2.38 bits per heavy atom. The summed E-state index contributed by atoms with van der Waals surface area (Å²) in [6.45, 7) is 11.8. The number of benzene rings is 5. The van der Waals surface area contributed by atoms with Gasteiger partial charge in [-0.2, -0.15) is 5.26 Å². The standard InChI is InChI=1S/C35H22N4O/c1-20(2)38-27-13-8-21(19-36)16-29(27)39-28-14-15-32-34(25-6-4-5-7-31(25)40-32)33(28)26-17-23(18-30(38)35(26)39)22-9-11-24(37-3)12-10-22/h4-18,20H,1-2H3. The third-order valence-corrected chi connectivity index (χ3v) is 8.06. The van der Waals surface area contributed by atoms with Crippen LogP contribution in [0, 0.1) is 17.9 Å². The lowest BCUT2D eigenvalue weighted by Gasteiger charge is -2.36. The molecule has 5 nitrogen and oxygen atoms in total. The summed E-state index contributed by atoms with van der Waals surface area (Å²) in [6.07, 6.45) is 0. The predicted molar refractivity (Wildman–Crippen MR) is 162 cm³/mol. The first kappa shape index (κ1) is 22.5. The molecule has 0 fully saturated rings. The topological polar surface area (TPSA) is 49.5 Å². The van der Waals surface area contributed by atoms with Crippen LogP contribution < -0.4 is 4.90 Å². The Kier molecular flexibility index (Phi) is 4.49. The molecule has 0 radical (unpaired) electrons. The summed E-state index contributed by atoms with van der Waals surface area (Å²) in [5, 5.41) is 14.2. The largest absolute Gasteiger partial charge is 0.456 e. The van der Waals surface area contributed by atoms with E-state index >= 15 is 0 Å². The van der Waals surface area contributed by atoms with Gasteiger partial charge in [0.15, 0.2) is 5.69 Å². The van der Waals surface area contributed by atoms with Gasteiger partial charge in [0, 0.05) is 27.6 Å². The van der Waals surface area contributed by atoms with Gasteiger partial charge in [0.2, 0.25) is 0 Å². The number of para-hydroxylation sites is 1. The van der Waals surface area contributed by atoms with Crippen molar-refractivity contribution in [2.75, 3.05) is 4.90 Å². The van der Waals surface area contributed by atoms with E-state index in [0.717, 1.165) is 71.9 Å². The lowest BCUT2D eigenvalue weighted by atomic mass is 9.98. The molecule has 0 bridgehead atoms. The Morgan fingerprint density at radius 1 is 0.775 bits per heavy atom. The van der Waals surface area contributed by atoms with Crippen molar-refractivity contribution in [2.24, 2.45) is 0 Å². The van der Waals surface area contributed by atoms with Crippen LogP contribution in [0.4, 0.5) is 17.1 Å². The molecule has 0 N–H and O–H groups in total. The minimum absolute atomic E-state index is 0.177. The molecule has 8 rings (SSSR count). The first-order valence-electron chi connectivity index (χ1n) is 13.3. The van der Waals surface area contributed by atoms with Crippen molar-refractivity contribution in [1.82, 2.24) is 4.57 Å². The fourth-order valence-electron chi connectivity index (χ4n) is 6.42. The second kappa shape index (κ2) is 7.99. The van der Waals surface area contributed by atoms with Crippen molar-refractivity contribution in [3.8, 4) is 22.9 Å². The molecular formula is C35H22N4O. The van der Waals surface area contributed by atoms with Gasteiger partial charge in [0.1, 0.15) is 11.2 Å². The summed E-state index contributed by atoms with van der Waals surface area (Å²) in [5.74, 6) is 0. The average molecular weight is 515 g/mol. The van der Waals surface area contributed by atoms with Crippen molar-refractivity contribution in [1.29, 1.82) is 5.26 Å². The third kappa shape index (κ3) is 2.89. The van der Waals surface area contributed by atoms with Gasteiger partial charge in [0.05, 0.1) is 46.3 Å². The van der Waals surface area contributed by atoms with Gasteiger partial charge < -0.3 is 13.9 Å². The lowest BCUT2D eigenvalue weighted by molar-refractivity contribution is 0.669. The fraction of sp³-hybridized carbons (Fsp3) is 0.0857. The van der Waals surface area contributed by atoms with Gasteiger partial charge in [-0.1, -0.05) is 42.5 Å². The molecule has 0 aliphatic carbocycles. The summed E-state index contributed by atoms with van der Waals surface area (Å²) < 4.78 is 8.63. The van der Waals surface area contributed by atoms with Crippen molar-refractivity contribution in [3.05, 3.63) is 108 Å². The number of hydrogen-bond acceptors (Lipinski definition) is 3. The zero-order valence-electron chi connectivity index (χ0n) is 21.9. The number of nitriles is 1. The van der Waals surface area contributed by atoms with Crippen LogP contribution in [0.1, 0.15) is 19.4 Å². The number of aromatic nitrogens is 1. The van der Waals surface area contributed by atoms with Gasteiger partial charge in [-0.15, -0.1) is 0 Å². The van der Waals surface area contributed by atoms with Crippen LogP contribution in [0.15, 0.2) is 95.4 Å². The quantitative estimate of drug-likeness (QED) is 0.216. The van der Waals surface area contributed by atoms with Gasteiger partial charge in [-0.3, -0.25) is 0 Å². The zero-order chi connectivity index (χ0) is 27.1. The van der Waals surface area contributed by atoms with E-state index in [1.807, 2.05) is 48.5 Å². The molecule has 5 heteroatoms. The Hall–Kier alpha value is -5.52. The van der Waals surface area contributed by atoms with E-state index in [2.05, 4.69) is 76.7 Å². The van der Waals surface area contributed by atoms with Crippen LogP contribution in [0.2, 0.25) is 0 Å². The summed E-state index contributed by atoms with van der Waals surface area (Å²) in [7, 11) is 0. The summed E-state index contributed by atoms with van der Waals surface area (Å²) in [5.41, 5.74) is 10.5. The summed E-state index contributed by atoms with van der Waals surface area (Å²) >= 11 is 0. The molecule has 1 aliphatic rings. The SMILES string of the molecule is [C-]#[N+]c1ccc(-c2cc3c4c(c2)c2c5c(ccc2n4-c2cc(C#N)ccc2N3C(C)C)oc2ccccc25)cc1. The minimum atomic E-state index is 0.177. The average Bonchev–Trinajstić information content (AvgIpc) is 3.53. The van der Waals surface area contributed by atoms with Crippen LogP contribution in [-0.4, -0.2) is 10.6 Å². The molecule has 0 atom stereocenters. The van der Waals surface area contributed by atoms with Crippen LogP contribution in [0.5, 0.6) is 0 Å². The molecule has 3 heterocycles. The summed E-state index contributed by atoms with van der Waals surface area (Å²) in [6, 6.07) is 33.2. The highest BCUT2D eigenvalue weighted by Crippen LogP contribution is 2.51. The highest BCUT2D eigenvalue weighted by molar-refractivity contribution is 6.29. The first-order chi connectivity index (χ1) is 19.6. The van der Waals surface area contributed by atoms with E-state index in [4.69, 9.17) is 11.0 Å².